The summed E-state index contributed by atoms with van der Waals surface area (Å²) in [4.78, 5) is 18.2. The highest BCUT2D eigenvalue weighted by Crippen LogP contribution is 2.32. The fraction of sp³-hybridized carbons (Fsp3) is 0.364. The van der Waals surface area contributed by atoms with Gasteiger partial charge in [-0.2, -0.15) is 0 Å². The molecule has 2 aromatic carbocycles. The molecule has 156 valence electrons. The van der Waals surface area contributed by atoms with Gasteiger partial charge in [-0.1, -0.05) is 42.5 Å². The van der Waals surface area contributed by atoms with Crippen molar-refractivity contribution in [2.24, 2.45) is 0 Å². The quantitative estimate of drug-likeness (QED) is 0.599. The molecular formula is C22H27Cl2N3OS. The van der Waals surface area contributed by atoms with Gasteiger partial charge in [-0.15, -0.1) is 36.2 Å². The van der Waals surface area contributed by atoms with Crippen LogP contribution in [0.5, 0.6) is 0 Å². The molecule has 1 aliphatic heterocycles. The lowest BCUT2D eigenvalue weighted by Crippen LogP contribution is -2.52. The van der Waals surface area contributed by atoms with E-state index in [9.17, 15) is 4.79 Å². The van der Waals surface area contributed by atoms with Crippen LogP contribution >= 0.6 is 36.2 Å². The maximum atomic E-state index is 13.4. The Labute approximate surface area is 188 Å². The molecule has 1 amide bonds. The van der Waals surface area contributed by atoms with Crippen LogP contribution in [0.25, 0.3) is 10.2 Å². The van der Waals surface area contributed by atoms with E-state index in [1.54, 1.807) is 11.3 Å². The summed E-state index contributed by atoms with van der Waals surface area (Å²) in [7, 11) is 0. The maximum absolute atomic E-state index is 13.4. The summed E-state index contributed by atoms with van der Waals surface area (Å²) in [5.41, 5.74) is 1.39. The van der Waals surface area contributed by atoms with Crippen molar-refractivity contribution in [3.63, 3.8) is 0 Å². The van der Waals surface area contributed by atoms with Gasteiger partial charge in [0.2, 0.25) is 5.91 Å². The molecule has 0 radical (unpaired) electrons. The monoisotopic (exact) mass is 451 g/mol. The lowest BCUT2D eigenvalue weighted by atomic mass is 9.78. The first-order chi connectivity index (χ1) is 13.1. The molecule has 29 heavy (non-hydrogen) atoms. The van der Waals surface area contributed by atoms with Gasteiger partial charge >= 0.3 is 0 Å². The standard InChI is InChI=1S/C22H25N3OS.2ClH/c1-22(16-8-3-2-4-9-16,21(26)24-17-10-7-13-23-15-17)14-20-25-18-11-5-6-12-19(18)27-20;;/h2-6,8-9,11-12,17,23H,7,10,13-15H2,1H3,(H,24,26);2*1H. The first-order valence-corrected chi connectivity index (χ1v) is 10.4. The van der Waals surface area contributed by atoms with E-state index in [2.05, 4.69) is 16.7 Å². The number of nitrogens with one attached hydrogen (secondary N) is 2. The lowest BCUT2D eigenvalue weighted by molar-refractivity contribution is -0.127. The fourth-order valence-electron chi connectivity index (χ4n) is 3.74. The van der Waals surface area contributed by atoms with Crippen molar-refractivity contribution >= 4 is 52.3 Å². The molecule has 1 aliphatic rings. The fourth-order valence-corrected chi connectivity index (χ4v) is 4.86. The predicted octanol–water partition coefficient (Wildman–Crippen LogP) is 4.51. The van der Waals surface area contributed by atoms with Crippen LogP contribution in [0.15, 0.2) is 54.6 Å². The van der Waals surface area contributed by atoms with Gasteiger partial charge in [-0.3, -0.25) is 4.79 Å². The van der Waals surface area contributed by atoms with Gasteiger partial charge in [0.25, 0.3) is 0 Å². The lowest BCUT2D eigenvalue weighted by Gasteiger charge is -2.32. The Bertz CT molecular complexity index is 895. The number of para-hydroxylation sites is 1. The first kappa shape index (κ1) is 23.6. The van der Waals surface area contributed by atoms with Gasteiger partial charge in [-0.25, -0.2) is 4.98 Å². The highest BCUT2D eigenvalue weighted by atomic mass is 35.5. The van der Waals surface area contributed by atoms with E-state index < -0.39 is 5.41 Å². The highest BCUT2D eigenvalue weighted by Gasteiger charge is 2.37. The SMILES string of the molecule is CC(Cc1nc2ccccc2s1)(C(=O)NC1CCCNC1)c1ccccc1.Cl.Cl. The number of rotatable bonds is 5. The molecule has 2 heterocycles. The molecule has 4 nitrogen and oxygen atoms in total. The van der Waals surface area contributed by atoms with Gasteiger partial charge < -0.3 is 10.6 Å². The van der Waals surface area contributed by atoms with Crippen LogP contribution in [-0.2, 0) is 16.6 Å². The minimum absolute atomic E-state index is 0. The molecule has 0 saturated carbocycles. The Morgan fingerprint density at radius 1 is 1.17 bits per heavy atom. The van der Waals surface area contributed by atoms with Gasteiger partial charge in [0.05, 0.1) is 20.6 Å². The van der Waals surface area contributed by atoms with E-state index in [1.807, 2.05) is 55.5 Å². The average molecular weight is 452 g/mol. The smallest absolute Gasteiger partial charge is 0.231 e. The molecule has 0 spiro atoms. The Morgan fingerprint density at radius 3 is 2.59 bits per heavy atom. The van der Waals surface area contributed by atoms with Crippen LogP contribution in [0.4, 0.5) is 0 Å². The Hall–Kier alpha value is -1.66. The summed E-state index contributed by atoms with van der Waals surface area (Å²) < 4.78 is 1.17. The number of piperidine rings is 1. The number of nitrogens with zero attached hydrogens (tertiary/aromatic N) is 1. The molecule has 0 bridgehead atoms. The van der Waals surface area contributed by atoms with E-state index in [1.165, 1.54) is 4.70 Å². The minimum atomic E-state index is -0.646. The molecule has 1 saturated heterocycles. The van der Waals surface area contributed by atoms with Crippen molar-refractivity contribution in [3.8, 4) is 0 Å². The number of hydrogen-bond acceptors (Lipinski definition) is 4. The van der Waals surface area contributed by atoms with E-state index in [0.29, 0.717) is 6.42 Å². The van der Waals surface area contributed by atoms with Crippen LogP contribution in [0.3, 0.4) is 0 Å². The molecular weight excluding hydrogens is 425 g/mol. The van der Waals surface area contributed by atoms with Gasteiger partial charge in [0.1, 0.15) is 0 Å². The number of amides is 1. The number of carbonyl (C=O) groups is 1. The second-order valence-electron chi connectivity index (χ2n) is 7.47. The van der Waals surface area contributed by atoms with E-state index in [0.717, 1.165) is 42.0 Å². The molecule has 7 heteroatoms. The average Bonchev–Trinajstić information content (AvgIpc) is 3.11. The number of benzene rings is 2. The summed E-state index contributed by atoms with van der Waals surface area (Å²) >= 11 is 1.68. The Morgan fingerprint density at radius 2 is 1.90 bits per heavy atom. The number of aromatic nitrogens is 1. The van der Waals surface area contributed by atoms with Crippen LogP contribution < -0.4 is 10.6 Å². The second-order valence-corrected chi connectivity index (χ2v) is 8.58. The van der Waals surface area contributed by atoms with E-state index in [-0.39, 0.29) is 36.8 Å². The normalized spacial score (nSPS) is 18.2. The van der Waals surface area contributed by atoms with Crippen LogP contribution in [-0.4, -0.2) is 30.0 Å². The third kappa shape index (κ3) is 5.28. The zero-order chi connectivity index (χ0) is 18.7. The first-order valence-electron chi connectivity index (χ1n) is 9.57. The predicted molar refractivity (Wildman–Crippen MR) is 126 cm³/mol. The third-order valence-corrected chi connectivity index (χ3v) is 6.42. The van der Waals surface area contributed by atoms with Crippen LogP contribution in [0.2, 0.25) is 0 Å². The van der Waals surface area contributed by atoms with Gasteiger partial charge in [-0.05, 0) is 44.0 Å². The van der Waals surface area contributed by atoms with Crippen molar-refractivity contribution in [3.05, 3.63) is 65.2 Å². The van der Waals surface area contributed by atoms with E-state index >= 15 is 0 Å². The number of thiazole rings is 1. The van der Waals surface area contributed by atoms with Crippen molar-refractivity contribution in [1.29, 1.82) is 0 Å². The summed E-state index contributed by atoms with van der Waals surface area (Å²) in [6.45, 7) is 3.92. The summed E-state index contributed by atoms with van der Waals surface area (Å²) in [5.74, 6) is 0.0849. The van der Waals surface area contributed by atoms with Crippen molar-refractivity contribution < 1.29 is 4.79 Å². The zero-order valence-electron chi connectivity index (χ0n) is 16.4. The molecule has 2 atom stereocenters. The molecule has 4 rings (SSSR count). The third-order valence-electron chi connectivity index (χ3n) is 5.39. The topological polar surface area (TPSA) is 54.0 Å². The van der Waals surface area contributed by atoms with Crippen LogP contribution in [0, 0.1) is 0 Å². The van der Waals surface area contributed by atoms with Crippen molar-refractivity contribution in [1.82, 2.24) is 15.6 Å². The summed E-state index contributed by atoms with van der Waals surface area (Å²) in [6, 6.07) is 18.4. The molecule has 3 aromatic rings. The number of halogens is 2. The van der Waals surface area contributed by atoms with Crippen molar-refractivity contribution in [2.75, 3.05) is 13.1 Å². The number of hydrogen-bond donors (Lipinski definition) is 2. The van der Waals surface area contributed by atoms with E-state index in [4.69, 9.17) is 4.98 Å². The highest BCUT2D eigenvalue weighted by molar-refractivity contribution is 7.18. The molecule has 1 aromatic heterocycles. The molecule has 2 N–H and O–H groups in total. The van der Waals surface area contributed by atoms with Gasteiger partial charge in [0.15, 0.2) is 0 Å². The number of fused-ring (bicyclic) bond motifs is 1. The van der Waals surface area contributed by atoms with Gasteiger partial charge in [0, 0.05) is 19.0 Å². The minimum Gasteiger partial charge on any atom is -0.351 e. The Balaban J connectivity index is 0.00000150. The molecule has 2 unspecified atom stereocenters. The molecule has 1 fully saturated rings. The maximum Gasteiger partial charge on any atom is 0.231 e. The van der Waals surface area contributed by atoms with Crippen LogP contribution in [0.1, 0.15) is 30.3 Å². The van der Waals surface area contributed by atoms with Crippen molar-refractivity contribution in [2.45, 2.75) is 37.6 Å². The second kappa shape index (κ2) is 10.4. The summed E-state index contributed by atoms with van der Waals surface area (Å²) in [5, 5.41) is 7.66. The summed E-state index contributed by atoms with van der Waals surface area (Å²) in [6.07, 6.45) is 2.73. The zero-order valence-corrected chi connectivity index (χ0v) is 18.8. The largest absolute Gasteiger partial charge is 0.351 e. The Kier molecular flexibility index (Phi) is 8.46. The molecule has 0 aliphatic carbocycles. The number of carbonyl (C=O) groups excluding carboxylic acids is 1.